The van der Waals surface area contributed by atoms with E-state index in [9.17, 15) is 4.79 Å². The zero-order valence-electron chi connectivity index (χ0n) is 6.65. The first-order valence-electron chi connectivity index (χ1n) is 3.14. The number of nitrogens with one attached hydrogen (secondary N) is 1. The Morgan fingerprint density at radius 3 is 2.30 bits per heavy atom. The van der Waals surface area contributed by atoms with E-state index >= 15 is 0 Å². The molecule has 0 unspecified atom stereocenters. The van der Waals surface area contributed by atoms with E-state index in [1.54, 1.807) is 0 Å². The Hall–Kier alpha value is -0.0900. The third-order valence-corrected chi connectivity index (χ3v) is 1.38. The van der Waals surface area contributed by atoms with Crippen LogP contribution in [0.3, 0.4) is 0 Å². The third kappa shape index (κ3) is 3.85. The van der Waals surface area contributed by atoms with Crippen molar-refractivity contribution in [3.63, 3.8) is 0 Å². The summed E-state index contributed by atoms with van der Waals surface area (Å²) in [6.07, 6.45) is 0. The van der Waals surface area contributed by atoms with Crippen molar-refractivity contribution in [3.05, 3.63) is 0 Å². The summed E-state index contributed by atoms with van der Waals surface area (Å²) in [5.41, 5.74) is 0. The zero-order valence-corrected chi connectivity index (χ0v) is 8.23. The van der Waals surface area contributed by atoms with Gasteiger partial charge in [0.25, 0.3) is 0 Å². The van der Waals surface area contributed by atoms with Crippen LogP contribution in [0, 0.1) is 0 Å². The van der Waals surface area contributed by atoms with Crippen LogP contribution < -0.4 is 5.32 Å². The van der Waals surface area contributed by atoms with Crippen molar-refractivity contribution in [3.8, 4) is 0 Å². The number of nitrogens with zero attached hydrogens (tertiary/aromatic N) is 1. The molecule has 3 nitrogen and oxygen atoms in total. The molecule has 0 rings (SSSR count). The Kier molecular flexibility index (Phi) is 3.89. The number of hydrogen-bond donors (Lipinski definition) is 1. The molecule has 60 valence electrons. The summed E-state index contributed by atoms with van der Waals surface area (Å²) in [5.74, 6) is 0. The Morgan fingerprint density at radius 1 is 1.50 bits per heavy atom. The second-order valence-electron chi connectivity index (χ2n) is 2.93. The van der Waals surface area contributed by atoms with Crippen molar-refractivity contribution < 1.29 is 9.28 Å². The molecule has 0 aliphatic carbocycles. The minimum Gasteiger partial charge on any atom is -0.305 e. The van der Waals surface area contributed by atoms with Gasteiger partial charge in [-0.1, -0.05) is 15.9 Å². The molecule has 1 N–H and O–H groups in total. The lowest BCUT2D eigenvalue weighted by Crippen LogP contribution is -2.48. The Labute approximate surface area is 70.1 Å². The molecule has 0 saturated heterocycles. The maximum Gasteiger partial charge on any atom is 0.415 e. The molecule has 2 amide bonds. The highest BCUT2D eigenvalue weighted by Gasteiger charge is 2.18. The van der Waals surface area contributed by atoms with Crippen LogP contribution >= 0.6 is 15.9 Å². The smallest absolute Gasteiger partial charge is 0.305 e. The summed E-state index contributed by atoms with van der Waals surface area (Å²) in [5, 5.41) is 3.56. The molecular formula is C6H14BrN2O+. The fraction of sp³-hybridized carbons (Fsp3) is 0.833. The van der Waals surface area contributed by atoms with Crippen molar-refractivity contribution in [2.24, 2.45) is 0 Å². The molecule has 0 aromatic heterocycles. The fourth-order valence-electron chi connectivity index (χ4n) is 0.391. The minimum atomic E-state index is 0.0412. The molecule has 0 heterocycles. The molecule has 0 aliphatic heterocycles. The molecule has 0 aromatic carbocycles. The Bertz CT molecular complexity index is 119. The maximum absolute atomic E-state index is 11.1. The number of carbonyl (C=O) groups is 1. The second kappa shape index (κ2) is 3.93. The van der Waals surface area contributed by atoms with E-state index in [4.69, 9.17) is 0 Å². The number of hydrogen-bond acceptors (Lipinski definition) is 1. The predicted octanol–water partition coefficient (Wildman–Crippen LogP) is 0.797. The van der Waals surface area contributed by atoms with Crippen LogP contribution in [0.15, 0.2) is 0 Å². The van der Waals surface area contributed by atoms with Crippen LogP contribution in [0.2, 0.25) is 0 Å². The van der Waals surface area contributed by atoms with Gasteiger partial charge >= 0.3 is 6.03 Å². The van der Waals surface area contributed by atoms with Gasteiger partial charge in [-0.3, -0.25) is 0 Å². The molecule has 0 spiro atoms. The number of alkyl halides is 1. The quantitative estimate of drug-likeness (QED) is 0.530. The second-order valence-corrected chi connectivity index (χ2v) is 3.73. The lowest BCUT2D eigenvalue weighted by molar-refractivity contribution is -0.787. The van der Waals surface area contributed by atoms with E-state index in [1.807, 2.05) is 21.1 Å². The summed E-state index contributed by atoms with van der Waals surface area (Å²) in [6, 6.07) is 0.0412. The number of rotatable bonds is 2. The van der Waals surface area contributed by atoms with Gasteiger partial charge in [-0.05, 0) is 0 Å². The molecular weight excluding hydrogens is 196 g/mol. The van der Waals surface area contributed by atoms with Gasteiger partial charge in [0, 0.05) is 11.9 Å². The van der Waals surface area contributed by atoms with Gasteiger partial charge in [0.15, 0.2) is 0 Å². The number of halogens is 1. The first-order valence-corrected chi connectivity index (χ1v) is 4.26. The van der Waals surface area contributed by atoms with E-state index in [2.05, 4.69) is 21.2 Å². The third-order valence-electron chi connectivity index (χ3n) is 0.980. The average Bonchev–Trinajstić information content (AvgIpc) is 1.80. The van der Waals surface area contributed by atoms with E-state index in [0.717, 1.165) is 5.33 Å². The van der Waals surface area contributed by atoms with Crippen molar-refractivity contribution in [1.82, 2.24) is 5.32 Å². The summed E-state index contributed by atoms with van der Waals surface area (Å²) >= 11 is 3.22. The molecule has 10 heavy (non-hydrogen) atoms. The SMILES string of the molecule is C[N+](C)(C)C(=O)NCCBr. The molecule has 0 aliphatic rings. The summed E-state index contributed by atoms with van der Waals surface area (Å²) in [6.45, 7) is 0.689. The van der Waals surface area contributed by atoms with Gasteiger partial charge in [0.1, 0.15) is 0 Å². The van der Waals surface area contributed by atoms with Gasteiger partial charge < -0.3 is 5.32 Å². The number of urea groups is 1. The lowest BCUT2D eigenvalue weighted by Gasteiger charge is -2.20. The zero-order chi connectivity index (χ0) is 8.20. The number of quaternary nitrogens is 1. The molecule has 0 aromatic rings. The standard InChI is InChI=1S/C6H13BrN2O/c1-9(2,3)6(10)8-5-4-7/h4-5H2,1-3H3/p+1. The first-order chi connectivity index (χ1) is 4.48. The summed E-state index contributed by atoms with van der Waals surface area (Å²) in [7, 11) is 5.51. The predicted molar refractivity (Wildman–Crippen MR) is 45.2 cm³/mol. The van der Waals surface area contributed by atoms with Crippen molar-refractivity contribution in [2.75, 3.05) is 33.0 Å². The molecule has 0 saturated carbocycles. The van der Waals surface area contributed by atoms with Crippen LogP contribution in [0.5, 0.6) is 0 Å². The molecule has 0 bridgehead atoms. The van der Waals surface area contributed by atoms with E-state index in [1.165, 1.54) is 0 Å². The van der Waals surface area contributed by atoms with E-state index in [0.29, 0.717) is 11.0 Å². The van der Waals surface area contributed by atoms with Gasteiger partial charge in [-0.15, -0.1) is 0 Å². The Morgan fingerprint density at radius 2 is 2.00 bits per heavy atom. The van der Waals surface area contributed by atoms with Gasteiger partial charge in [-0.25, -0.2) is 9.28 Å². The van der Waals surface area contributed by atoms with Crippen molar-refractivity contribution in [1.29, 1.82) is 0 Å². The maximum atomic E-state index is 11.1. The molecule has 4 heteroatoms. The number of carbonyl (C=O) groups excluding carboxylic acids is 1. The van der Waals surface area contributed by atoms with Crippen molar-refractivity contribution >= 4 is 22.0 Å². The lowest BCUT2D eigenvalue weighted by atomic mass is 10.6. The largest absolute Gasteiger partial charge is 0.415 e. The summed E-state index contributed by atoms with van der Waals surface area (Å²) < 4.78 is 0.326. The van der Waals surface area contributed by atoms with Gasteiger partial charge in [-0.2, -0.15) is 0 Å². The van der Waals surface area contributed by atoms with Crippen LogP contribution in [-0.2, 0) is 0 Å². The average molecular weight is 210 g/mol. The normalized spacial score (nSPS) is 11.2. The van der Waals surface area contributed by atoms with Crippen LogP contribution in [0.25, 0.3) is 0 Å². The highest BCUT2D eigenvalue weighted by Crippen LogP contribution is 1.90. The van der Waals surface area contributed by atoms with Crippen LogP contribution in [-0.4, -0.2) is 43.5 Å². The Balaban J connectivity index is 3.64. The molecule has 0 radical (unpaired) electrons. The topological polar surface area (TPSA) is 29.1 Å². The molecule has 0 fully saturated rings. The van der Waals surface area contributed by atoms with E-state index < -0.39 is 0 Å². The van der Waals surface area contributed by atoms with Gasteiger partial charge in [0.2, 0.25) is 0 Å². The number of amides is 2. The monoisotopic (exact) mass is 209 g/mol. The van der Waals surface area contributed by atoms with Crippen molar-refractivity contribution in [2.45, 2.75) is 0 Å². The summed E-state index contributed by atoms with van der Waals surface area (Å²) in [4.78, 5) is 11.1. The fourth-order valence-corrected chi connectivity index (χ4v) is 0.590. The van der Waals surface area contributed by atoms with Gasteiger partial charge in [0.05, 0.1) is 21.1 Å². The van der Waals surface area contributed by atoms with Crippen LogP contribution in [0.4, 0.5) is 4.79 Å². The highest BCUT2D eigenvalue weighted by molar-refractivity contribution is 9.09. The van der Waals surface area contributed by atoms with Crippen LogP contribution in [0.1, 0.15) is 0 Å². The van der Waals surface area contributed by atoms with E-state index in [-0.39, 0.29) is 6.03 Å². The minimum absolute atomic E-state index is 0.0412. The first kappa shape index (κ1) is 9.91. The molecule has 0 atom stereocenters. The highest BCUT2D eigenvalue weighted by atomic mass is 79.9.